The molecule has 0 aliphatic carbocycles. The summed E-state index contributed by atoms with van der Waals surface area (Å²) in [6.07, 6.45) is 4.33. The van der Waals surface area contributed by atoms with E-state index < -0.39 is 0 Å². The number of nitrogens with two attached hydrogens (primary N) is 1. The maximum atomic E-state index is 5.96. The number of pyridine rings is 1. The molecule has 3 rings (SSSR count). The van der Waals surface area contributed by atoms with E-state index in [2.05, 4.69) is 20.3 Å². The van der Waals surface area contributed by atoms with E-state index in [0.717, 1.165) is 47.6 Å². The van der Waals surface area contributed by atoms with Crippen molar-refractivity contribution in [1.82, 2.24) is 15.3 Å². The lowest BCUT2D eigenvalue weighted by Crippen LogP contribution is -2.21. The van der Waals surface area contributed by atoms with Gasteiger partial charge in [0.25, 0.3) is 0 Å². The Bertz CT molecular complexity index is 555. The first-order chi connectivity index (χ1) is 7.84. The van der Waals surface area contributed by atoms with Crippen LogP contribution in [0.1, 0.15) is 5.56 Å². The number of hydrogen-bond acceptors (Lipinski definition) is 4. The molecule has 0 aromatic carbocycles. The largest absolute Gasteiger partial charge is 0.397 e. The lowest BCUT2D eigenvalue weighted by molar-refractivity contribution is 0.954. The first kappa shape index (κ1) is 9.21. The number of rotatable bonds is 2. The minimum Gasteiger partial charge on any atom is -0.397 e. The van der Waals surface area contributed by atoms with Gasteiger partial charge in [0, 0.05) is 24.5 Å². The van der Waals surface area contributed by atoms with Gasteiger partial charge in [0.2, 0.25) is 0 Å². The highest BCUT2D eigenvalue weighted by Crippen LogP contribution is 2.22. The summed E-state index contributed by atoms with van der Waals surface area (Å²) in [5, 5.41) is 4.33. The Hall–Kier alpha value is -2.04. The third-order valence-electron chi connectivity index (χ3n) is 2.82. The summed E-state index contributed by atoms with van der Waals surface area (Å²) < 4.78 is 0. The topological polar surface area (TPSA) is 79.1 Å². The van der Waals surface area contributed by atoms with E-state index in [-0.39, 0.29) is 0 Å². The Morgan fingerprint density at radius 3 is 3.19 bits per heavy atom. The van der Waals surface area contributed by atoms with E-state index in [9.17, 15) is 0 Å². The second-order valence-electron chi connectivity index (χ2n) is 3.86. The molecular formula is C11H13N5. The van der Waals surface area contributed by atoms with Gasteiger partial charge in [-0.05, 0) is 11.6 Å². The van der Waals surface area contributed by atoms with Crippen molar-refractivity contribution in [2.24, 2.45) is 4.99 Å². The third kappa shape index (κ3) is 1.41. The summed E-state index contributed by atoms with van der Waals surface area (Å²) in [5.41, 5.74) is 8.66. The van der Waals surface area contributed by atoms with Gasteiger partial charge in [-0.3, -0.25) is 4.99 Å². The molecule has 5 heteroatoms. The van der Waals surface area contributed by atoms with Crippen LogP contribution in [0.15, 0.2) is 23.5 Å². The van der Waals surface area contributed by atoms with Crippen molar-refractivity contribution in [1.29, 1.82) is 0 Å². The fourth-order valence-electron chi connectivity index (χ4n) is 2.01. The van der Waals surface area contributed by atoms with Crippen molar-refractivity contribution in [2.75, 3.05) is 18.8 Å². The highest BCUT2D eigenvalue weighted by molar-refractivity contribution is 5.93. The molecule has 1 aliphatic rings. The number of hydrogen-bond donors (Lipinski definition) is 3. The maximum absolute atomic E-state index is 5.96. The van der Waals surface area contributed by atoms with Gasteiger partial charge >= 0.3 is 0 Å². The van der Waals surface area contributed by atoms with Gasteiger partial charge in [-0.25, -0.2) is 4.98 Å². The predicted molar refractivity (Wildman–Crippen MR) is 64.5 cm³/mol. The van der Waals surface area contributed by atoms with Crippen LogP contribution in [0.5, 0.6) is 0 Å². The molecule has 0 fully saturated rings. The molecule has 3 heterocycles. The number of nitrogen functional groups attached to an aromatic ring is 1. The number of aromatic amines is 1. The van der Waals surface area contributed by atoms with E-state index in [4.69, 9.17) is 5.73 Å². The molecule has 1 aliphatic heterocycles. The molecule has 4 N–H and O–H groups in total. The van der Waals surface area contributed by atoms with Crippen molar-refractivity contribution in [3.63, 3.8) is 0 Å². The second kappa shape index (κ2) is 3.52. The van der Waals surface area contributed by atoms with Crippen molar-refractivity contribution >= 4 is 22.6 Å². The van der Waals surface area contributed by atoms with E-state index in [1.807, 2.05) is 12.3 Å². The van der Waals surface area contributed by atoms with Crippen LogP contribution in [0.25, 0.3) is 11.0 Å². The van der Waals surface area contributed by atoms with E-state index in [0.29, 0.717) is 0 Å². The van der Waals surface area contributed by atoms with Crippen LogP contribution in [0.3, 0.4) is 0 Å². The first-order valence-corrected chi connectivity index (χ1v) is 5.32. The van der Waals surface area contributed by atoms with Gasteiger partial charge in [-0.2, -0.15) is 0 Å². The normalized spacial score (nSPS) is 15.1. The molecule has 2 aromatic heterocycles. The summed E-state index contributed by atoms with van der Waals surface area (Å²) in [4.78, 5) is 11.7. The molecule has 0 saturated carbocycles. The van der Waals surface area contributed by atoms with Crippen LogP contribution in [0.2, 0.25) is 0 Å². The minimum atomic E-state index is 0.725. The van der Waals surface area contributed by atoms with Crippen LogP contribution in [-0.4, -0.2) is 28.9 Å². The fraction of sp³-hybridized carbons (Fsp3) is 0.273. The van der Waals surface area contributed by atoms with E-state index >= 15 is 0 Å². The molecule has 0 radical (unpaired) electrons. The van der Waals surface area contributed by atoms with Crippen LogP contribution in [-0.2, 0) is 6.42 Å². The van der Waals surface area contributed by atoms with Crippen LogP contribution < -0.4 is 11.1 Å². The first-order valence-electron chi connectivity index (χ1n) is 5.32. The quantitative estimate of drug-likeness (QED) is 0.689. The Kier molecular flexibility index (Phi) is 2.02. The Morgan fingerprint density at radius 2 is 2.38 bits per heavy atom. The van der Waals surface area contributed by atoms with Crippen molar-refractivity contribution in [3.8, 4) is 0 Å². The number of nitrogens with one attached hydrogen (secondary N) is 2. The van der Waals surface area contributed by atoms with Gasteiger partial charge in [0.05, 0.1) is 18.4 Å². The molecule has 0 atom stereocenters. The summed E-state index contributed by atoms with van der Waals surface area (Å²) in [7, 11) is 0. The average Bonchev–Trinajstić information content (AvgIpc) is 2.92. The summed E-state index contributed by atoms with van der Waals surface area (Å²) in [5.74, 6) is 1.01. The number of aromatic nitrogens is 2. The highest BCUT2D eigenvalue weighted by Gasteiger charge is 2.12. The molecule has 0 amide bonds. The summed E-state index contributed by atoms with van der Waals surface area (Å²) >= 11 is 0. The molecular weight excluding hydrogens is 202 g/mol. The molecule has 82 valence electrons. The molecule has 0 spiro atoms. The second-order valence-corrected chi connectivity index (χ2v) is 3.86. The summed E-state index contributed by atoms with van der Waals surface area (Å²) in [6, 6.07) is 2.00. The molecule has 5 nitrogen and oxygen atoms in total. The SMILES string of the molecule is Nc1cnc2[nH]ccc2c1CC1=NCCN1. The number of aliphatic imine (C=N–C) groups is 1. The fourth-order valence-corrected chi connectivity index (χ4v) is 2.01. The van der Waals surface area contributed by atoms with Gasteiger partial charge in [0.15, 0.2) is 0 Å². The molecule has 16 heavy (non-hydrogen) atoms. The van der Waals surface area contributed by atoms with Crippen LogP contribution >= 0.6 is 0 Å². The van der Waals surface area contributed by atoms with Crippen molar-refractivity contribution in [3.05, 3.63) is 24.0 Å². The highest BCUT2D eigenvalue weighted by atomic mass is 15.1. The summed E-state index contributed by atoms with van der Waals surface area (Å²) in [6.45, 7) is 1.78. The number of H-pyrrole nitrogens is 1. The van der Waals surface area contributed by atoms with E-state index in [1.165, 1.54) is 0 Å². The van der Waals surface area contributed by atoms with Crippen molar-refractivity contribution < 1.29 is 0 Å². The Balaban J connectivity index is 2.06. The standard InChI is InChI=1S/C11H13N5/c12-9-6-16-11-7(1-2-15-11)8(9)5-10-13-3-4-14-10/h1-2,6H,3-5,12H2,(H,13,14)(H,15,16). The van der Waals surface area contributed by atoms with Gasteiger partial charge in [-0.1, -0.05) is 0 Å². The Morgan fingerprint density at radius 1 is 1.44 bits per heavy atom. The van der Waals surface area contributed by atoms with Gasteiger partial charge in [0.1, 0.15) is 11.5 Å². The number of anilines is 1. The lowest BCUT2D eigenvalue weighted by atomic mass is 10.1. The predicted octanol–water partition coefficient (Wildman–Crippen LogP) is 0.689. The molecule has 0 bridgehead atoms. The zero-order valence-corrected chi connectivity index (χ0v) is 8.83. The van der Waals surface area contributed by atoms with Gasteiger partial charge in [-0.15, -0.1) is 0 Å². The van der Waals surface area contributed by atoms with E-state index in [1.54, 1.807) is 6.20 Å². The zero-order valence-electron chi connectivity index (χ0n) is 8.83. The number of nitrogens with zero attached hydrogens (tertiary/aromatic N) is 2. The lowest BCUT2D eigenvalue weighted by Gasteiger charge is -2.07. The monoisotopic (exact) mass is 215 g/mol. The third-order valence-corrected chi connectivity index (χ3v) is 2.82. The maximum Gasteiger partial charge on any atom is 0.137 e. The smallest absolute Gasteiger partial charge is 0.137 e. The zero-order chi connectivity index (χ0) is 11.0. The molecule has 0 unspecified atom stereocenters. The molecule has 0 saturated heterocycles. The minimum absolute atomic E-state index is 0.725. The number of amidine groups is 1. The van der Waals surface area contributed by atoms with Crippen LogP contribution in [0.4, 0.5) is 5.69 Å². The van der Waals surface area contributed by atoms with Crippen LogP contribution in [0, 0.1) is 0 Å². The Labute approximate surface area is 92.8 Å². The van der Waals surface area contributed by atoms with Crippen molar-refractivity contribution in [2.45, 2.75) is 6.42 Å². The van der Waals surface area contributed by atoms with Gasteiger partial charge < -0.3 is 16.0 Å². The number of fused-ring (bicyclic) bond motifs is 1. The average molecular weight is 215 g/mol. The molecule has 2 aromatic rings.